The van der Waals surface area contributed by atoms with E-state index >= 15 is 0 Å². The zero-order valence-electron chi connectivity index (χ0n) is 39.9. The number of rotatable bonds is 14. The number of nitrogens with zero attached hydrogens (tertiary/aromatic N) is 2. The molecule has 12 heteroatoms. The third-order valence-electron chi connectivity index (χ3n) is 16.3. The van der Waals surface area contributed by atoms with E-state index in [1.165, 1.54) is 0 Å². The number of likely N-dealkylation sites (tertiary alicyclic amines) is 2. The predicted molar refractivity (Wildman–Crippen MR) is 273 cm³/mol. The maximum atomic E-state index is 14.8. The first-order valence-corrected chi connectivity index (χ1v) is 25.7. The molecule has 2 aliphatic heterocycles. The first kappa shape index (κ1) is 45.5. The lowest BCUT2D eigenvalue weighted by Crippen LogP contribution is -2.43. The molecular formula is C60H58N6O6. The number of amides is 6. The summed E-state index contributed by atoms with van der Waals surface area (Å²) >= 11 is 0. The standard InChI is InChI=1S/C60H58N6O6/c67-55(61-51-27-43(51)35-15-5-1-6-16-35)47-31-65(32-48(47)56(68)62-52-28-44(52)36-17-7-2-8-18-36)59(71)41-25-13-24-40-39(41)23-14-26-42(40)60(72)66-33-49(57(69)63-53-29-45(53)37-19-9-3-10-20-37)50(34-66)58(70)64-54-30-46(54)38-21-11-4-12-22-38/h1-26,43-54H,27-34H2,(H,61,67)(H,62,68)(H,63,69)(H,64,70)/t43-,44-,45-,46-,47-,48-,49-,50-,51+,52+,53+,54+/m1/s1. The average Bonchev–Trinajstić information content (AvgIpc) is 4.35. The summed E-state index contributed by atoms with van der Waals surface area (Å²) in [5.41, 5.74) is 5.34. The molecule has 4 saturated carbocycles. The van der Waals surface area contributed by atoms with E-state index in [1.807, 2.05) is 84.9 Å². The van der Waals surface area contributed by atoms with Crippen molar-refractivity contribution in [3.8, 4) is 0 Å². The highest BCUT2D eigenvalue weighted by atomic mass is 16.2. The van der Waals surface area contributed by atoms with Gasteiger partial charge in [0, 0.05) is 85.1 Å². The molecule has 0 aromatic heterocycles. The molecule has 0 radical (unpaired) electrons. The van der Waals surface area contributed by atoms with Gasteiger partial charge in [-0.25, -0.2) is 0 Å². The van der Waals surface area contributed by atoms with Crippen molar-refractivity contribution in [1.82, 2.24) is 31.1 Å². The number of carbonyl (C=O) groups excluding carboxylic acids is 6. The molecule has 6 aliphatic rings. The molecule has 6 aromatic rings. The molecule has 0 bridgehead atoms. The maximum Gasteiger partial charge on any atom is 0.254 e. The van der Waals surface area contributed by atoms with Gasteiger partial charge in [0.15, 0.2) is 0 Å². The van der Waals surface area contributed by atoms with Gasteiger partial charge >= 0.3 is 0 Å². The van der Waals surface area contributed by atoms with Gasteiger partial charge in [-0.15, -0.1) is 0 Å². The Hall–Kier alpha value is -7.60. The third kappa shape index (κ3) is 9.14. The van der Waals surface area contributed by atoms with Crippen LogP contribution in [-0.2, 0) is 19.2 Å². The van der Waals surface area contributed by atoms with Crippen molar-refractivity contribution in [3.63, 3.8) is 0 Å². The first-order chi connectivity index (χ1) is 35.2. The Kier molecular flexibility index (Phi) is 11.9. The highest BCUT2D eigenvalue weighted by Crippen LogP contribution is 2.45. The SMILES string of the molecule is O=C(N[C@H]1C[C@@H]1c1ccccc1)[C@@H]1CN(C(=O)c2cccc3c(C(=O)N4C[C@@H](C(=O)N[C@H]5C[C@@H]5c5ccccc5)[C@H](C(=O)N[C@H]5C[C@@H]5c5ccccc5)C4)cccc23)C[C@H]1C(=O)N[C@H]1C[C@@H]1c1ccccc1. The molecule has 6 amide bonds. The molecule has 2 saturated heterocycles. The second kappa shape index (κ2) is 18.9. The van der Waals surface area contributed by atoms with E-state index < -0.39 is 23.7 Å². The summed E-state index contributed by atoms with van der Waals surface area (Å²) in [4.78, 5) is 89.6. The molecule has 72 heavy (non-hydrogen) atoms. The minimum absolute atomic E-state index is 0.0476. The Bertz CT molecular complexity index is 2710. The number of hydrogen-bond donors (Lipinski definition) is 4. The minimum Gasteiger partial charge on any atom is -0.352 e. The molecule has 4 aliphatic carbocycles. The molecule has 6 aromatic carbocycles. The molecule has 12 rings (SSSR count). The summed E-state index contributed by atoms with van der Waals surface area (Å²) in [5, 5.41) is 14.0. The van der Waals surface area contributed by atoms with Crippen molar-refractivity contribution < 1.29 is 28.8 Å². The van der Waals surface area contributed by atoms with Gasteiger partial charge in [0.25, 0.3) is 11.8 Å². The van der Waals surface area contributed by atoms with E-state index in [0.717, 1.165) is 47.9 Å². The van der Waals surface area contributed by atoms with Crippen molar-refractivity contribution in [2.45, 2.75) is 73.5 Å². The third-order valence-corrected chi connectivity index (χ3v) is 16.3. The Morgan fingerprint density at radius 3 is 0.819 bits per heavy atom. The van der Waals surface area contributed by atoms with E-state index in [0.29, 0.717) is 21.9 Å². The molecular weight excluding hydrogens is 901 g/mol. The molecule has 6 fully saturated rings. The van der Waals surface area contributed by atoms with Crippen molar-refractivity contribution >= 4 is 46.2 Å². The van der Waals surface area contributed by atoms with E-state index in [4.69, 9.17) is 0 Å². The normalized spacial score (nSPS) is 28.7. The summed E-state index contributed by atoms with van der Waals surface area (Å²) in [6.07, 6.45) is 3.24. The van der Waals surface area contributed by atoms with Crippen LogP contribution < -0.4 is 21.3 Å². The molecule has 2 heterocycles. The minimum atomic E-state index is -0.759. The van der Waals surface area contributed by atoms with E-state index in [2.05, 4.69) is 69.8 Å². The summed E-state index contributed by atoms with van der Waals surface area (Å²) in [6.45, 7) is 0.253. The number of nitrogens with one attached hydrogen (secondary N) is 4. The second-order valence-corrected chi connectivity index (χ2v) is 21.0. The molecule has 4 N–H and O–H groups in total. The molecule has 364 valence electrons. The fourth-order valence-electron chi connectivity index (χ4n) is 11.9. The highest BCUT2D eigenvalue weighted by Gasteiger charge is 2.51. The Balaban J connectivity index is 0.769. The summed E-state index contributed by atoms with van der Waals surface area (Å²) in [7, 11) is 0. The van der Waals surface area contributed by atoms with Gasteiger partial charge in [0.05, 0.1) is 23.7 Å². The number of hydrogen-bond acceptors (Lipinski definition) is 6. The van der Waals surface area contributed by atoms with Crippen molar-refractivity contribution in [2.24, 2.45) is 23.7 Å². The van der Waals surface area contributed by atoms with Gasteiger partial charge in [-0.1, -0.05) is 146 Å². The van der Waals surface area contributed by atoms with Crippen LogP contribution in [0, 0.1) is 23.7 Å². The van der Waals surface area contributed by atoms with Crippen LogP contribution in [0.25, 0.3) is 10.8 Å². The van der Waals surface area contributed by atoms with Crippen LogP contribution in [0.1, 0.15) is 92.3 Å². The fraction of sp³-hybridized carbons (Fsp3) is 0.333. The predicted octanol–water partition coefficient (Wildman–Crippen LogP) is 6.91. The smallest absolute Gasteiger partial charge is 0.254 e. The summed E-state index contributed by atoms with van der Waals surface area (Å²) in [6, 6.07) is 50.7. The molecule has 12 atom stereocenters. The lowest BCUT2D eigenvalue weighted by Gasteiger charge is -2.20. The Morgan fingerprint density at radius 1 is 0.319 bits per heavy atom. The summed E-state index contributed by atoms with van der Waals surface area (Å²) < 4.78 is 0. The lowest BCUT2D eigenvalue weighted by atomic mass is 9.94. The van der Waals surface area contributed by atoms with Crippen LogP contribution in [-0.4, -0.2) is 95.6 Å². The van der Waals surface area contributed by atoms with Crippen molar-refractivity contribution in [1.29, 1.82) is 0 Å². The van der Waals surface area contributed by atoms with E-state index in [-0.39, 0.29) is 109 Å². The molecule has 12 nitrogen and oxygen atoms in total. The number of fused-ring (bicyclic) bond motifs is 1. The van der Waals surface area contributed by atoms with Crippen LogP contribution in [0.15, 0.2) is 158 Å². The topological polar surface area (TPSA) is 157 Å². The zero-order chi connectivity index (χ0) is 49.0. The van der Waals surface area contributed by atoms with Crippen molar-refractivity contribution in [3.05, 3.63) is 191 Å². The van der Waals surface area contributed by atoms with E-state index in [1.54, 1.807) is 34.1 Å². The van der Waals surface area contributed by atoms with Gasteiger partial charge in [0.1, 0.15) is 0 Å². The van der Waals surface area contributed by atoms with Crippen LogP contribution in [0.2, 0.25) is 0 Å². The van der Waals surface area contributed by atoms with Gasteiger partial charge in [0.2, 0.25) is 23.6 Å². The highest BCUT2D eigenvalue weighted by molar-refractivity contribution is 6.14. The van der Waals surface area contributed by atoms with Crippen LogP contribution in [0.4, 0.5) is 0 Å². The molecule has 0 spiro atoms. The Morgan fingerprint density at radius 2 is 0.569 bits per heavy atom. The average molecular weight is 959 g/mol. The maximum absolute atomic E-state index is 14.8. The van der Waals surface area contributed by atoms with Crippen LogP contribution in [0.5, 0.6) is 0 Å². The van der Waals surface area contributed by atoms with Crippen molar-refractivity contribution in [2.75, 3.05) is 26.2 Å². The van der Waals surface area contributed by atoms with Gasteiger partial charge in [-0.2, -0.15) is 0 Å². The first-order valence-electron chi connectivity index (χ1n) is 25.7. The van der Waals surface area contributed by atoms with Crippen LogP contribution >= 0.6 is 0 Å². The quantitative estimate of drug-likeness (QED) is 0.0931. The Labute approximate surface area is 418 Å². The van der Waals surface area contributed by atoms with Gasteiger partial charge in [-0.3, -0.25) is 28.8 Å². The fourth-order valence-corrected chi connectivity index (χ4v) is 11.9. The van der Waals surface area contributed by atoms with E-state index in [9.17, 15) is 28.8 Å². The number of carbonyl (C=O) groups is 6. The monoisotopic (exact) mass is 958 g/mol. The zero-order valence-corrected chi connectivity index (χ0v) is 39.9. The summed E-state index contributed by atoms with van der Waals surface area (Å²) in [5.74, 6) is -3.85. The lowest BCUT2D eigenvalue weighted by molar-refractivity contribution is -0.133. The largest absolute Gasteiger partial charge is 0.352 e. The molecule has 0 unspecified atom stereocenters. The van der Waals surface area contributed by atoms with Gasteiger partial charge in [-0.05, 0) is 70.8 Å². The second-order valence-electron chi connectivity index (χ2n) is 21.0. The van der Waals surface area contributed by atoms with Crippen LogP contribution in [0.3, 0.4) is 0 Å². The van der Waals surface area contributed by atoms with Gasteiger partial charge < -0.3 is 31.1 Å². The number of benzene rings is 6.